The van der Waals surface area contributed by atoms with Gasteiger partial charge in [0, 0.05) is 18.2 Å². The lowest BCUT2D eigenvalue weighted by atomic mass is 10.2. The highest BCUT2D eigenvalue weighted by molar-refractivity contribution is 6.08. The fraction of sp³-hybridized carbons (Fsp3) is 0.267. The summed E-state index contributed by atoms with van der Waals surface area (Å²) in [7, 11) is 2.99. The zero-order valence-corrected chi connectivity index (χ0v) is 13.1. The number of primary amides is 1. The molecule has 1 aromatic heterocycles. The summed E-state index contributed by atoms with van der Waals surface area (Å²) in [4.78, 5) is 24.0. The lowest BCUT2D eigenvalue weighted by Crippen LogP contribution is -2.21. The Morgan fingerprint density at radius 1 is 1.22 bits per heavy atom. The highest BCUT2D eigenvalue weighted by Gasteiger charge is 2.18. The molecule has 2 aromatic rings. The van der Waals surface area contributed by atoms with Crippen molar-refractivity contribution in [1.29, 1.82) is 0 Å². The van der Waals surface area contributed by atoms with Crippen LogP contribution >= 0.6 is 0 Å². The molecule has 0 spiro atoms. The van der Waals surface area contributed by atoms with Crippen LogP contribution in [0.5, 0.6) is 11.5 Å². The van der Waals surface area contributed by atoms with Gasteiger partial charge in [-0.05, 0) is 19.1 Å². The molecule has 23 heavy (non-hydrogen) atoms. The van der Waals surface area contributed by atoms with Crippen LogP contribution in [0.1, 0.15) is 27.8 Å². The number of amides is 2. The Morgan fingerprint density at radius 2 is 1.83 bits per heavy atom. The number of nitrogens with two attached hydrogens (primary N) is 1. The molecule has 0 saturated carbocycles. The van der Waals surface area contributed by atoms with E-state index < -0.39 is 11.8 Å². The van der Waals surface area contributed by atoms with Gasteiger partial charge >= 0.3 is 0 Å². The number of aromatic nitrogens is 2. The molecule has 0 aliphatic rings. The molecule has 0 aliphatic heterocycles. The first-order valence-corrected chi connectivity index (χ1v) is 6.90. The van der Waals surface area contributed by atoms with Crippen LogP contribution in [-0.2, 0) is 6.54 Å². The summed E-state index contributed by atoms with van der Waals surface area (Å²) in [6, 6.07) is 4.78. The summed E-state index contributed by atoms with van der Waals surface area (Å²) in [5.41, 5.74) is 6.07. The molecule has 122 valence electrons. The molecule has 8 nitrogen and oxygen atoms in total. The van der Waals surface area contributed by atoms with Crippen molar-refractivity contribution < 1.29 is 19.1 Å². The maximum Gasteiger partial charge on any atom is 0.269 e. The van der Waals surface area contributed by atoms with E-state index >= 15 is 0 Å². The first-order chi connectivity index (χ1) is 11.0. The third-order valence-electron chi connectivity index (χ3n) is 3.23. The molecule has 0 atom stereocenters. The quantitative estimate of drug-likeness (QED) is 0.834. The summed E-state index contributed by atoms with van der Waals surface area (Å²) < 4.78 is 11.7. The fourth-order valence-corrected chi connectivity index (χ4v) is 2.11. The van der Waals surface area contributed by atoms with Crippen molar-refractivity contribution in [2.75, 3.05) is 19.5 Å². The molecule has 1 aromatic carbocycles. The minimum Gasteiger partial charge on any atom is -0.497 e. The summed E-state index contributed by atoms with van der Waals surface area (Å²) in [5, 5.41) is 6.65. The van der Waals surface area contributed by atoms with Crippen LogP contribution in [0.3, 0.4) is 0 Å². The molecule has 3 N–H and O–H groups in total. The van der Waals surface area contributed by atoms with E-state index in [9.17, 15) is 9.59 Å². The van der Waals surface area contributed by atoms with Crippen molar-refractivity contribution in [3.05, 3.63) is 35.7 Å². The van der Waals surface area contributed by atoms with Crippen molar-refractivity contribution in [2.45, 2.75) is 13.5 Å². The van der Waals surface area contributed by atoms with Gasteiger partial charge in [0.1, 0.15) is 17.2 Å². The highest BCUT2D eigenvalue weighted by Crippen LogP contribution is 2.24. The van der Waals surface area contributed by atoms with E-state index in [1.165, 1.54) is 25.1 Å². The highest BCUT2D eigenvalue weighted by atomic mass is 16.5. The number of aryl methyl sites for hydroxylation is 1. The molecular weight excluding hydrogens is 300 g/mol. The Hall–Kier alpha value is -3.03. The standard InChI is InChI=1S/C15H18N4O4/c1-4-19-13(14(16)20)12(8-17-19)18-15(21)9-5-10(22-2)7-11(6-9)23-3/h5-8H,4H2,1-3H3,(H2,16,20)(H,18,21). The summed E-state index contributed by atoms with van der Waals surface area (Å²) in [6.07, 6.45) is 1.39. The van der Waals surface area contributed by atoms with Crippen LogP contribution in [0.15, 0.2) is 24.4 Å². The van der Waals surface area contributed by atoms with E-state index in [-0.39, 0.29) is 11.4 Å². The van der Waals surface area contributed by atoms with E-state index in [0.29, 0.717) is 23.6 Å². The monoisotopic (exact) mass is 318 g/mol. The summed E-state index contributed by atoms with van der Waals surface area (Å²) in [5.74, 6) is -0.133. The van der Waals surface area contributed by atoms with Gasteiger partial charge in [-0.1, -0.05) is 0 Å². The third kappa shape index (κ3) is 3.42. The largest absolute Gasteiger partial charge is 0.497 e. The van der Waals surface area contributed by atoms with Gasteiger partial charge in [-0.25, -0.2) is 0 Å². The molecule has 0 radical (unpaired) electrons. The maximum atomic E-state index is 12.4. The van der Waals surface area contributed by atoms with Crippen LogP contribution in [0.2, 0.25) is 0 Å². The third-order valence-corrected chi connectivity index (χ3v) is 3.23. The Bertz CT molecular complexity index is 717. The Kier molecular flexibility index (Phi) is 4.85. The van der Waals surface area contributed by atoms with Crippen molar-refractivity contribution in [2.24, 2.45) is 5.73 Å². The number of nitrogens with one attached hydrogen (secondary N) is 1. The predicted octanol–water partition coefficient (Wildman–Crippen LogP) is 1.27. The van der Waals surface area contributed by atoms with Crippen LogP contribution in [0.25, 0.3) is 0 Å². The summed E-state index contributed by atoms with van der Waals surface area (Å²) >= 11 is 0. The van der Waals surface area contributed by atoms with Crippen molar-refractivity contribution in [3.63, 3.8) is 0 Å². The average molecular weight is 318 g/mol. The molecule has 2 amide bonds. The molecule has 0 bridgehead atoms. The van der Waals surface area contributed by atoms with Crippen LogP contribution < -0.4 is 20.5 Å². The maximum absolute atomic E-state index is 12.4. The van der Waals surface area contributed by atoms with Gasteiger partial charge < -0.3 is 20.5 Å². The first-order valence-electron chi connectivity index (χ1n) is 6.90. The Labute approximate surface area is 133 Å². The predicted molar refractivity (Wildman–Crippen MR) is 83.9 cm³/mol. The SMILES string of the molecule is CCn1ncc(NC(=O)c2cc(OC)cc(OC)c2)c1C(N)=O. The second kappa shape index (κ2) is 6.82. The number of nitrogens with zero attached hydrogens (tertiary/aromatic N) is 2. The average Bonchev–Trinajstić information content (AvgIpc) is 2.97. The van der Waals surface area contributed by atoms with E-state index in [1.54, 1.807) is 18.2 Å². The van der Waals surface area contributed by atoms with E-state index in [2.05, 4.69) is 10.4 Å². The van der Waals surface area contributed by atoms with Crippen molar-refractivity contribution in [3.8, 4) is 11.5 Å². The molecule has 0 fully saturated rings. The first kappa shape index (κ1) is 16.3. The number of anilines is 1. The number of ether oxygens (including phenoxy) is 2. The zero-order valence-electron chi connectivity index (χ0n) is 13.1. The van der Waals surface area contributed by atoms with Crippen LogP contribution in [0, 0.1) is 0 Å². The van der Waals surface area contributed by atoms with Crippen LogP contribution in [-0.4, -0.2) is 35.8 Å². The molecular formula is C15H18N4O4. The topological polar surface area (TPSA) is 108 Å². The minimum atomic E-state index is -0.664. The van der Waals surface area contributed by atoms with Crippen molar-refractivity contribution >= 4 is 17.5 Å². The molecule has 0 saturated heterocycles. The van der Waals surface area contributed by atoms with E-state index in [4.69, 9.17) is 15.2 Å². The van der Waals surface area contributed by atoms with E-state index in [1.807, 2.05) is 6.92 Å². The molecule has 0 aliphatic carbocycles. The number of hydrogen-bond donors (Lipinski definition) is 2. The molecule has 2 rings (SSSR count). The number of methoxy groups -OCH3 is 2. The molecule has 0 unspecified atom stereocenters. The number of carbonyl (C=O) groups is 2. The van der Waals surface area contributed by atoms with Gasteiger partial charge in [0.25, 0.3) is 11.8 Å². The van der Waals surface area contributed by atoms with Crippen LogP contribution in [0.4, 0.5) is 5.69 Å². The number of carbonyl (C=O) groups excluding carboxylic acids is 2. The normalized spacial score (nSPS) is 10.2. The van der Waals surface area contributed by atoms with Gasteiger partial charge in [0.15, 0.2) is 0 Å². The molecule has 1 heterocycles. The van der Waals surface area contributed by atoms with Crippen molar-refractivity contribution in [1.82, 2.24) is 9.78 Å². The zero-order chi connectivity index (χ0) is 17.0. The smallest absolute Gasteiger partial charge is 0.269 e. The minimum absolute atomic E-state index is 0.149. The number of benzene rings is 1. The molecule has 8 heteroatoms. The lowest BCUT2D eigenvalue weighted by Gasteiger charge is -2.09. The summed E-state index contributed by atoms with van der Waals surface area (Å²) in [6.45, 7) is 2.28. The van der Waals surface area contributed by atoms with Gasteiger partial charge in [0.05, 0.1) is 26.1 Å². The van der Waals surface area contributed by atoms with Gasteiger partial charge in [0.2, 0.25) is 0 Å². The number of rotatable bonds is 6. The van der Waals surface area contributed by atoms with Gasteiger partial charge in [-0.15, -0.1) is 0 Å². The van der Waals surface area contributed by atoms with E-state index in [0.717, 1.165) is 0 Å². The second-order valence-corrected chi connectivity index (χ2v) is 4.64. The Morgan fingerprint density at radius 3 is 2.30 bits per heavy atom. The van der Waals surface area contributed by atoms with Gasteiger partial charge in [-0.2, -0.15) is 5.10 Å². The lowest BCUT2D eigenvalue weighted by molar-refractivity contribution is 0.0991. The Balaban J connectivity index is 2.33. The number of hydrogen-bond acceptors (Lipinski definition) is 5. The van der Waals surface area contributed by atoms with Gasteiger partial charge in [-0.3, -0.25) is 14.3 Å². The second-order valence-electron chi connectivity index (χ2n) is 4.64. The fourth-order valence-electron chi connectivity index (χ4n) is 2.11.